The van der Waals surface area contributed by atoms with Crippen LogP contribution in [0.25, 0.3) is 5.65 Å². The minimum atomic E-state index is -0.522. The number of fused-ring (bicyclic) bond motifs is 1. The number of carbonyl (C=O) groups excluding carboxylic acids is 3. The van der Waals surface area contributed by atoms with Gasteiger partial charge in [0.15, 0.2) is 5.78 Å². The molecule has 2 heterocycles. The van der Waals surface area contributed by atoms with Gasteiger partial charge in [0.1, 0.15) is 12.3 Å². The maximum absolute atomic E-state index is 12.2. The number of Topliss-reactive ketones (excluding diaryl/α,β-unsaturated/α-hetero) is 1. The molecule has 0 atom stereocenters. The third kappa shape index (κ3) is 6.33. The SMILES string of the molecule is Cc1ccc2nc(COC(=O)CCNC(=O)CCC(=O)c3ccccc3)cc(=O)n2c1. The Morgan fingerprint density at radius 2 is 1.81 bits per heavy atom. The van der Waals surface area contributed by atoms with Gasteiger partial charge in [-0.05, 0) is 18.6 Å². The van der Waals surface area contributed by atoms with Crippen LogP contribution in [0.4, 0.5) is 0 Å². The number of hydrogen-bond donors (Lipinski definition) is 1. The first-order chi connectivity index (χ1) is 14.9. The second-order valence-corrected chi connectivity index (χ2v) is 7.07. The summed E-state index contributed by atoms with van der Waals surface area (Å²) in [6.45, 7) is 1.85. The van der Waals surface area contributed by atoms with Gasteiger partial charge in [-0.3, -0.25) is 23.6 Å². The van der Waals surface area contributed by atoms with E-state index in [1.807, 2.05) is 19.1 Å². The van der Waals surface area contributed by atoms with E-state index >= 15 is 0 Å². The van der Waals surface area contributed by atoms with Crippen LogP contribution in [-0.2, 0) is 20.9 Å². The van der Waals surface area contributed by atoms with Crippen molar-refractivity contribution in [1.29, 1.82) is 0 Å². The molecule has 2 aromatic heterocycles. The fourth-order valence-corrected chi connectivity index (χ4v) is 2.95. The molecule has 3 aromatic rings. The minimum absolute atomic E-state index is 0.0237. The number of aryl methyl sites for hydroxylation is 1. The van der Waals surface area contributed by atoms with Crippen LogP contribution in [0.5, 0.6) is 0 Å². The third-order valence-corrected chi connectivity index (χ3v) is 4.57. The van der Waals surface area contributed by atoms with Crippen molar-refractivity contribution in [2.24, 2.45) is 0 Å². The summed E-state index contributed by atoms with van der Waals surface area (Å²) in [6.07, 6.45) is 1.82. The molecular weight excluding hydrogens is 398 g/mol. The van der Waals surface area contributed by atoms with Gasteiger partial charge >= 0.3 is 5.97 Å². The molecule has 0 aliphatic heterocycles. The molecule has 0 spiro atoms. The van der Waals surface area contributed by atoms with E-state index in [1.165, 1.54) is 10.5 Å². The number of nitrogens with zero attached hydrogens (tertiary/aromatic N) is 2. The predicted molar refractivity (Wildman–Crippen MR) is 114 cm³/mol. The van der Waals surface area contributed by atoms with E-state index in [4.69, 9.17) is 4.74 Å². The summed E-state index contributed by atoms with van der Waals surface area (Å²) in [7, 11) is 0. The van der Waals surface area contributed by atoms with Crippen LogP contribution >= 0.6 is 0 Å². The highest BCUT2D eigenvalue weighted by atomic mass is 16.5. The van der Waals surface area contributed by atoms with Gasteiger partial charge in [-0.2, -0.15) is 0 Å². The molecule has 0 aliphatic carbocycles. The van der Waals surface area contributed by atoms with Gasteiger partial charge in [0.25, 0.3) is 5.56 Å². The summed E-state index contributed by atoms with van der Waals surface area (Å²) in [5.41, 5.74) is 2.07. The molecule has 0 bridgehead atoms. The van der Waals surface area contributed by atoms with E-state index < -0.39 is 5.97 Å². The second-order valence-electron chi connectivity index (χ2n) is 7.07. The number of hydrogen-bond acceptors (Lipinski definition) is 6. The lowest BCUT2D eigenvalue weighted by atomic mass is 10.1. The van der Waals surface area contributed by atoms with E-state index in [9.17, 15) is 19.2 Å². The molecule has 0 saturated carbocycles. The smallest absolute Gasteiger partial charge is 0.307 e. The number of ketones is 1. The summed E-state index contributed by atoms with van der Waals surface area (Å²) >= 11 is 0. The van der Waals surface area contributed by atoms with Crippen LogP contribution < -0.4 is 10.9 Å². The van der Waals surface area contributed by atoms with Crippen LogP contribution in [0.2, 0.25) is 0 Å². The van der Waals surface area contributed by atoms with Crippen molar-refractivity contribution >= 4 is 23.3 Å². The lowest BCUT2D eigenvalue weighted by Gasteiger charge is -2.07. The number of amides is 1. The van der Waals surface area contributed by atoms with E-state index in [1.54, 1.807) is 36.5 Å². The molecule has 0 fully saturated rings. The number of nitrogens with one attached hydrogen (secondary N) is 1. The van der Waals surface area contributed by atoms with Gasteiger partial charge < -0.3 is 10.1 Å². The first-order valence-corrected chi connectivity index (χ1v) is 9.92. The van der Waals surface area contributed by atoms with Crippen molar-refractivity contribution < 1.29 is 19.1 Å². The van der Waals surface area contributed by atoms with Gasteiger partial charge in [-0.25, -0.2) is 4.98 Å². The standard InChI is InChI=1S/C23H23N3O5/c1-16-7-9-20-25-18(13-22(29)26(20)14-16)15-31-23(30)11-12-24-21(28)10-8-19(27)17-5-3-2-4-6-17/h2-7,9,13-14H,8,10-12,15H2,1H3,(H,24,28). The first-order valence-electron chi connectivity index (χ1n) is 9.92. The van der Waals surface area contributed by atoms with Crippen LogP contribution in [0, 0.1) is 6.92 Å². The Labute approximate surface area is 178 Å². The maximum Gasteiger partial charge on any atom is 0.307 e. The lowest BCUT2D eigenvalue weighted by Crippen LogP contribution is -2.27. The van der Waals surface area contributed by atoms with E-state index in [0.717, 1.165) is 5.56 Å². The molecule has 1 N–H and O–H groups in total. The normalized spacial score (nSPS) is 10.6. The zero-order chi connectivity index (χ0) is 22.2. The van der Waals surface area contributed by atoms with Crippen LogP contribution in [-0.4, -0.2) is 33.6 Å². The number of esters is 1. The molecular formula is C23H23N3O5. The Balaban J connectivity index is 1.39. The predicted octanol–water partition coefficient (Wildman–Crippen LogP) is 2.22. The topological polar surface area (TPSA) is 107 Å². The quantitative estimate of drug-likeness (QED) is 0.419. The van der Waals surface area contributed by atoms with E-state index in [2.05, 4.69) is 10.3 Å². The second kappa shape index (κ2) is 10.3. The number of ether oxygens (including phenoxy) is 1. The van der Waals surface area contributed by atoms with E-state index in [0.29, 0.717) is 16.9 Å². The Hall–Kier alpha value is -3.81. The van der Waals surface area contributed by atoms with Gasteiger partial charge in [0.2, 0.25) is 5.91 Å². The maximum atomic E-state index is 12.2. The fourth-order valence-electron chi connectivity index (χ4n) is 2.95. The largest absolute Gasteiger partial charge is 0.459 e. The Morgan fingerprint density at radius 1 is 1.03 bits per heavy atom. The van der Waals surface area contributed by atoms with Crippen molar-refractivity contribution in [2.75, 3.05) is 6.54 Å². The average molecular weight is 421 g/mol. The number of rotatable bonds is 9. The highest BCUT2D eigenvalue weighted by Crippen LogP contribution is 2.06. The minimum Gasteiger partial charge on any atom is -0.459 e. The van der Waals surface area contributed by atoms with Crippen molar-refractivity contribution in [3.8, 4) is 0 Å². The molecule has 8 nitrogen and oxygen atoms in total. The molecule has 0 saturated heterocycles. The highest BCUT2D eigenvalue weighted by Gasteiger charge is 2.11. The molecule has 1 aromatic carbocycles. The Kier molecular flexibility index (Phi) is 7.26. The van der Waals surface area contributed by atoms with Crippen molar-refractivity contribution in [2.45, 2.75) is 32.8 Å². The molecule has 0 unspecified atom stereocenters. The van der Waals surface area contributed by atoms with Gasteiger partial charge in [-0.15, -0.1) is 0 Å². The van der Waals surface area contributed by atoms with Crippen LogP contribution in [0.3, 0.4) is 0 Å². The lowest BCUT2D eigenvalue weighted by molar-refractivity contribution is -0.145. The monoisotopic (exact) mass is 421 g/mol. The van der Waals surface area contributed by atoms with Crippen molar-refractivity contribution in [3.05, 3.63) is 81.9 Å². The molecule has 1 amide bonds. The van der Waals surface area contributed by atoms with Gasteiger partial charge in [0, 0.05) is 37.2 Å². The molecule has 0 aliphatic rings. The molecule has 31 heavy (non-hydrogen) atoms. The zero-order valence-electron chi connectivity index (χ0n) is 17.2. The molecule has 8 heteroatoms. The summed E-state index contributed by atoms with van der Waals surface area (Å²) < 4.78 is 6.57. The van der Waals surface area contributed by atoms with Crippen molar-refractivity contribution in [3.63, 3.8) is 0 Å². The van der Waals surface area contributed by atoms with E-state index in [-0.39, 0.29) is 49.7 Å². The number of benzene rings is 1. The van der Waals surface area contributed by atoms with Crippen molar-refractivity contribution in [1.82, 2.24) is 14.7 Å². The van der Waals surface area contributed by atoms with Crippen LogP contribution in [0.15, 0.2) is 59.5 Å². The third-order valence-electron chi connectivity index (χ3n) is 4.57. The number of carbonyl (C=O) groups is 3. The van der Waals surface area contributed by atoms with Crippen LogP contribution in [0.1, 0.15) is 40.9 Å². The summed E-state index contributed by atoms with van der Waals surface area (Å²) in [6, 6.07) is 13.7. The Morgan fingerprint density at radius 3 is 2.58 bits per heavy atom. The fraction of sp³-hybridized carbons (Fsp3) is 0.261. The summed E-state index contributed by atoms with van der Waals surface area (Å²) in [4.78, 5) is 52.2. The summed E-state index contributed by atoms with van der Waals surface area (Å²) in [5.74, 6) is -0.938. The zero-order valence-corrected chi connectivity index (χ0v) is 17.2. The average Bonchev–Trinajstić information content (AvgIpc) is 2.77. The highest BCUT2D eigenvalue weighted by molar-refractivity contribution is 5.97. The molecule has 0 radical (unpaired) electrons. The number of pyridine rings is 1. The molecule has 3 rings (SSSR count). The van der Waals surface area contributed by atoms with Gasteiger partial charge in [-0.1, -0.05) is 36.4 Å². The van der Waals surface area contributed by atoms with Gasteiger partial charge in [0.05, 0.1) is 12.1 Å². The first kappa shape index (κ1) is 21.9. The number of aromatic nitrogens is 2. The Bertz CT molecular complexity index is 1150. The molecule has 160 valence electrons. The summed E-state index contributed by atoms with van der Waals surface area (Å²) in [5, 5.41) is 2.60.